The lowest BCUT2D eigenvalue weighted by molar-refractivity contribution is -0.133. The third-order valence-electron chi connectivity index (χ3n) is 6.01. The van der Waals surface area contributed by atoms with Crippen molar-refractivity contribution in [1.82, 2.24) is 20.4 Å². The Balaban J connectivity index is 1.59. The number of amides is 2. The van der Waals surface area contributed by atoms with Crippen LogP contribution < -0.4 is 5.32 Å². The quantitative estimate of drug-likeness (QED) is 0.642. The Morgan fingerprint density at radius 1 is 1.22 bits per heavy atom. The summed E-state index contributed by atoms with van der Waals surface area (Å²) in [4.78, 5) is 32.1. The molecule has 0 bridgehead atoms. The van der Waals surface area contributed by atoms with Gasteiger partial charge in [-0.05, 0) is 38.8 Å². The summed E-state index contributed by atoms with van der Waals surface area (Å²) in [6.45, 7) is 5.40. The Kier molecular flexibility index (Phi) is 6.35. The van der Waals surface area contributed by atoms with Crippen molar-refractivity contribution in [2.24, 2.45) is 5.41 Å². The average Bonchev–Trinajstić information content (AvgIpc) is 3.28. The zero-order valence-electron chi connectivity index (χ0n) is 18.5. The van der Waals surface area contributed by atoms with Gasteiger partial charge in [0.15, 0.2) is 0 Å². The number of hydrogen-bond acceptors (Lipinski definition) is 5. The van der Waals surface area contributed by atoms with E-state index in [9.17, 15) is 9.59 Å². The number of carbonyl (C=O) groups is 2. The summed E-state index contributed by atoms with van der Waals surface area (Å²) in [5.74, 6) is 0.476. The summed E-state index contributed by atoms with van der Waals surface area (Å²) in [6, 6.07) is 13.5. The second-order valence-electron chi connectivity index (χ2n) is 8.43. The first-order valence-electron chi connectivity index (χ1n) is 11.0. The molecule has 0 aliphatic carbocycles. The van der Waals surface area contributed by atoms with Crippen molar-refractivity contribution in [1.29, 1.82) is 0 Å². The first kappa shape index (κ1) is 21.7. The molecule has 1 unspecified atom stereocenters. The molecule has 0 radical (unpaired) electrons. The number of benzene rings is 1. The second-order valence-corrected chi connectivity index (χ2v) is 8.43. The summed E-state index contributed by atoms with van der Waals surface area (Å²) in [5, 5.41) is 7.19. The van der Waals surface area contributed by atoms with Gasteiger partial charge in [-0.2, -0.15) is 0 Å². The number of aromatic nitrogens is 2. The van der Waals surface area contributed by atoms with Crippen LogP contribution in [0.2, 0.25) is 0 Å². The summed E-state index contributed by atoms with van der Waals surface area (Å²) in [6.07, 6.45) is 5.00. The number of likely N-dealkylation sites (tertiary alicyclic amines) is 1. The van der Waals surface area contributed by atoms with Gasteiger partial charge in [0.05, 0.1) is 11.0 Å². The fourth-order valence-electron chi connectivity index (χ4n) is 4.33. The Morgan fingerprint density at radius 3 is 2.75 bits per heavy atom. The van der Waals surface area contributed by atoms with Gasteiger partial charge in [-0.3, -0.25) is 14.6 Å². The predicted molar refractivity (Wildman–Crippen MR) is 121 cm³/mol. The maximum Gasteiger partial charge on any atom is 0.255 e. The Morgan fingerprint density at radius 2 is 2.03 bits per heavy atom. The van der Waals surface area contributed by atoms with Crippen molar-refractivity contribution >= 4 is 11.8 Å². The maximum absolute atomic E-state index is 13.2. The first-order valence-corrected chi connectivity index (χ1v) is 11.0. The minimum Gasteiger partial charge on any atom is -0.361 e. The minimum atomic E-state index is -0.768. The van der Waals surface area contributed by atoms with E-state index in [2.05, 4.69) is 15.5 Å². The van der Waals surface area contributed by atoms with E-state index in [4.69, 9.17) is 4.52 Å². The van der Waals surface area contributed by atoms with Gasteiger partial charge in [-0.15, -0.1) is 0 Å². The molecule has 7 nitrogen and oxygen atoms in total. The van der Waals surface area contributed by atoms with Gasteiger partial charge in [-0.25, -0.2) is 0 Å². The molecule has 1 saturated heterocycles. The molecule has 1 aliphatic heterocycles. The number of piperidine rings is 1. The van der Waals surface area contributed by atoms with Crippen LogP contribution >= 0.6 is 0 Å². The van der Waals surface area contributed by atoms with E-state index in [0.29, 0.717) is 43.8 Å². The highest BCUT2D eigenvalue weighted by molar-refractivity contribution is 5.94. The Hall–Kier alpha value is -3.48. The zero-order chi connectivity index (χ0) is 22.6. The van der Waals surface area contributed by atoms with Crippen molar-refractivity contribution in [2.45, 2.75) is 33.1 Å². The summed E-state index contributed by atoms with van der Waals surface area (Å²) >= 11 is 0. The van der Waals surface area contributed by atoms with Crippen LogP contribution in [0.25, 0.3) is 11.3 Å². The molecule has 1 atom stereocenters. The lowest BCUT2D eigenvalue weighted by atomic mass is 9.75. The number of hydrogen-bond donors (Lipinski definition) is 1. The third-order valence-corrected chi connectivity index (χ3v) is 6.01. The van der Waals surface area contributed by atoms with Gasteiger partial charge < -0.3 is 14.7 Å². The van der Waals surface area contributed by atoms with Crippen molar-refractivity contribution in [2.75, 3.05) is 19.6 Å². The molecule has 32 heavy (non-hydrogen) atoms. The van der Waals surface area contributed by atoms with E-state index in [-0.39, 0.29) is 11.8 Å². The molecule has 3 aromatic rings. The number of aryl methyl sites for hydroxylation is 1. The smallest absolute Gasteiger partial charge is 0.255 e. The van der Waals surface area contributed by atoms with Crippen LogP contribution in [0.4, 0.5) is 0 Å². The van der Waals surface area contributed by atoms with Gasteiger partial charge >= 0.3 is 0 Å². The highest BCUT2D eigenvalue weighted by atomic mass is 16.5. The summed E-state index contributed by atoms with van der Waals surface area (Å²) < 4.78 is 5.64. The molecule has 4 rings (SSSR count). The van der Waals surface area contributed by atoms with Crippen LogP contribution in [0.1, 0.15) is 41.4 Å². The molecule has 0 saturated carbocycles. The number of pyridine rings is 1. The van der Waals surface area contributed by atoms with E-state index in [1.807, 2.05) is 44.2 Å². The maximum atomic E-state index is 13.2. The topological polar surface area (TPSA) is 88.3 Å². The molecule has 1 aromatic carbocycles. The standard InChI is InChI=1S/C25H28N4O3/c1-3-27-24(31)25(11-5-13-29(17-25)23(30)20-6-4-12-26-16-20)15-21-14-22(28-32-21)19-9-7-18(2)8-10-19/h4,6-10,12,14,16H,3,5,11,13,15,17H2,1-2H3,(H,27,31). The van der Waals surface area contributed by atoms with Crippen LogP contribution in [-0.4, -0.2) is 46.5 Å². The van der Waals surface area contributed by atoms with E-state index in [1.54, 1.807) is 29.4 Å². The average molecular weight is 433 g/mol. The van der Waals surface area contributed by atoms with Gasteiger partial charge in [-0.1, -0.05) is 35.0 Å². The number of carbonyl (C=O) groups excluding carboxylic acids is 2. The Labute approximate surface area is 187 Å². The largest absolute Gasteiger partial charge is 0.361 e. The fourth-order valence-corrected chi connectivity index (χ4v) is 4.33. The molecule has 1 N–H and O–H groups in total. The van der Waals surface area contributed by atoms with Crippen LogP contribution in [0.15, 0.2) is 59.4 Å². The lowest BCUT2D eigenvalue weighted by Crippen LogP contribution is -2.54. The molecule has 2 amide bonds. The summed E-state index contributed by atoms with van der Waals surface area (Å²) in [7, 11) is 0. The molecular formula is C25H28N4O3. The molecule has 7 heteroatoms. The predicted octanol–water partition coefficient (Wildman–Crippen LogP) is 3.65. The minimum absolute atomic E-state index is 0.0584. The molecule has 0 spiro atoms. The van der Waals surface area contributed by atoms with Gasteiger partial charge in [0, 0.05) is 50.1 Å². The van der Waals surface area contributed by atoms with Crippen molar-refractivity contribution in [3.8, 4) is 11.3 Å². The van der Waals surface area contributed by atoms with Gasteiger partial charge in [0.2, 0.25) is 5.91 Å². The van der Waals surface area contributed by atoms with E-state index >= 15 is 0 Å². The number of nitrogens with zero attached hydrogens (tertiary/aromatic N) is 3. The second kappa shape index (κ2) is 9.34. The molecule has 1 fully saturated rings. The van der Waals surface area contributed by atoms with Crippen molar-refractivity contribution in [3.63, 3.8) is 0 Å². The van der Waals surface area contributed by atoms with E-state index < -0.39 is 5.41 Å². The lowest BCUT2D eigenvalue weighted by Gasteiger charge is -2.41. The molecular weight excluding hydrogens is 404 g/mol. The SMILES string of the molecule is CCNC(=O)C1(Cc2cc(-c3ccc(C)cc3)no2)CCCN(C(=O)c2cccnc2)C1. The normalized spacial score (nSPS) is 18.4. The van der Waals surface area contributed by atoms with Gasteiger partial charge in [0.25, 0.3) is 5.91 Å². The van der Waals surface area contributed by atoms with Crippen molar-refractivity contribution < 1.29 is 14.1 Å². The van der Waals surface area contributed by atoms with Crippen LogP contribution in [0, 0.1) is 12.3 Å². The number of nitrogens with one attached hydrogen (secondary N) is 1. The highest BCUT2D eigenvalue weighted by Crippen LogP contribution is 2.36. The van der Waals surface area contributed by atoms with Crippen molar-refractivity contribution in [3.05, 3.63) is 71.7 Å². The molecule has 166 valence electrons. The van der Waals surface area contributed by atoms with Gasteiger partial charge in [0.1, 0.15) is 11.5 Å². The number of rotatable bonds is 6. The highest BCUT2D eigenvalue weighted by Gasteiger charge is 2.44. The molecule has 2 aromatic heterocycles. The van der Waals surface area contributed by atoms with E-state index in [1.165, 1.54) is 5.56 Å². The van der Waals surface area contributed by atoms with Crippen LogP contribution in [-0.2, 0) is 11.2 Å². The van der Waals surface area contributed by atoms with E-state index in [0.717, 1.165) is 17.7 Å². The van der Waals surface area contributed by atoms with Crippen LogP contribution in [0.3, 0.4) is 0 Å². The summed E-state index contributed by atoms with van der Waals surface area (Å²) in [5.41, 5.74) is 2.64. The van der Waals surface area contributed by atoms with Crippen LogP contribution in [0.5, 0.6) is 0 Å². The zero-order valence-corrected chi connectivity index (χ0v) is 18.5. The molecule has 1 aliphatic rings. The molecule has 3 heterocycles. The Bertz CT molecular complexity index is 1080. The third kappa shape index (κ3) is 4.56. The first-order chi connectivity index (χ1) is 15.5. The monoisotopic (exact) mass is 432 g/mol. The fraction of sp³-hybridized carbons (Fsp3) is 0.360.